The lowest BCUT2D eigenvalue weighted by Gasteiger charge is -2.33. The molecule has 164 valence electrons. The summed E-state index contributed by atoms with van der Waals surface area (Å²) in [4.78, 5) is 9.74. The van der Waals surface area contributed by atoms with Gasteiger partial charge in [0.05, 0.1) is 31.7 Å². The molecule has 1 unspecified atom stereocenters. The highest BCUT2D eigenvalue weighted by atomic mass is 35.5. The first-order valence-electron chi connectivity index (χ1n) is 9.69. The second-order valence-electron chi connectivity index (χ2n) is 7.80. The van der Waals surface area contributed by atoms with Gasteiger partial charge in [-0.2, -0.15) is 5.10 Å². The molecule has 3 N–H and O–H groups in total. The number of aliphatic imine (C=N–C) groups is 1. The quantitative estimate of drug-likeness (QED) is 0.456. The highest BCUT2D eigenvalue weighted by Gasteiger charge is 2.43. The fourth-order valence-corrected chi connectivity index (χ4v) is 7.19. The van der Waals surface area contributed by atoms with Crippen LogP contribution in [0.1, 0.15) is 11.8 Å². The van der Waals surface area contributed by atoms with Gasteiger partial charge in [-0.1, -0.05) is 35.9 Å². The van der Waals surface area contributed by atoms with Gasteiger partial charge >= 0.3 is 0 Å². The minimum Gasteiger partial charge on any atom is -0.369 e. The Kier molecular flexibility index (Phi) is 4.77. The van der Waals surface area contributed by atoms with E-state index < -0.39 is 15.6 Å². The van der Waals surface area contributed by atoms with Crippen LogP contribution < -0.4 is 5.73 Å². The normalized spacial score (nSPS) is 20.5. The summed E-state index contributed by atoms with van der Waals surface area (Å²) in [7, 11) is -2.21. The van der Waals surface area contributed by atoms with Crippen molar-refractivity contribution >= 4 is 49.0 Å². The van der Waals surface area contributed by atoms with Crippen molar-refractivity contribution in [1.82, 2.24) is 19.5 Å². The molecule has 0 bridgehead atoms. The van der Waals surface area contributed by atoms with E-state index in [0.29, 0.717) is 9.90 Å². The van der Waals surface area contributed by atoms with Gasteiger partial charge < -0.3 is 5.73 Å². The molecule has 0 spiro atoms. The first kappa shape index (κ1) is 20.9. The van der Waals surface area contributed by atoms with E-state index in [1.54, 1.807) is 19.3 Å². The average molecular weight is 487 g/mol. The standard InChI is InChI=1S/C21H19ClN6O2S2/c1-21(11-32(29,30)28(2)20(23)26-21)19-16(22)14-7-9-24-17(18(14)31-19)13-5-3-12(4-6-13)15-8-10-25-27-15/h3-10H,11H2,1-2H3,(H2,23,26)(H,25,27). The SMILES string of the molecule is CN1C(N)=NC(C)(c2sc3c(-c4ccc(-c5ccn[nH]5)cc4)nccc3c2Cl)CS1(=O)=O. The van der Waals surface area contributed by atoms with Gasteiger partial charge in [0, 0.05) is 30.4 Å². The summed E-state index contributed by atoms with van der Waals surface area (Å²) in [5.41, 5.74) is 8.47. The van der Waals surface area contributed by atoms with E-state index in [1.165, 1.54) is 18.4 Å². The highest BCUT2D eigenvalue weighted by molar-refractivity contribution is 7.89. The number of rotatable bonds is 3. The molecule has 11 heteroatoms. The van der Waals surface area contributed by atoms with Crippen LogP contribution in [-0.4, -0.2) is 46.7 Å². The van der Waals surface area contributed by atoms with Gasteiger partial charge in [-0.3, -0.25) is 10.1 Å². The Morgan fingerprint density at radius 2 is 1.88 bits per heavy atom. The summed E-state index contributed by atoms with van der Waals surface area (Å²) in [6.45, 7) is 1.74. The monoisotopic (exact) mass is 486 g/mol. The van der Waals surface area contributed by atoms with E-state index in [1.807, 2.05) is 36.4 Å². The van der Waals surface area contributed by atoms with Crippen LogP contribution in [0.25, 0.3) is 32.6 Å². The Balaban J connectivity index is 1.64. The lowest BCUT2D eigenvalue weighted by Crippen LogP contribution is -2.50. The van der Waals surface area contributed by atoms with Crippen LogP contribution in [0.4, 0.5) is 0 Å². The second kappa shape index (κ2) is 7.29. The molecule has 8 nitrogen and oxygen atoms in total. The highest BCUT2D eigenvalue weighted by Crippen LogP contribution is 2.47. The van der Waals surface area contributed by atoms with Gasteiger partial charge in [-0.05, 0) is 24.6 Å². The molecule has 1 atom stereocenters. The van der Waals surface area contributed by atoms with E-state index in [-0.39, 0.29) is 11.7 Å². The maximum Gasteiger partial charge on any atom is 0.239 e. The first-order valence-corrected chi connectivity index (χ1v) is 12.5. The van der Waals surface area contributed by atoms with Gasteiger partial charge in [0.1, 0.15) is 5.54 Å². The van der Waals surface area contributed by atoms with E-state index in [4.69, 9.17) is 17.3 Å². The minimum absolute atomic E-state index is 0.0555. The van der Waals surface area contributed by atoms with Crippen molar-refractivity contribution in [2.45, 2.75) is 12.5 Å². The predicted molar refractivity (Wildman–Crippen MR) is 128 cm³/mol. The van der Waals surface area contributed by atoms with E-state index in [2.05, 4.69) is 20.2 Å². The lowest BCUT2D eigenvalue weighted by molar-refractivity contribution is 0.482. The third kappa shape index (κ3) is 3.26. The van der Waals surface area contributed by atoms with E-state index >= 15 is 0 Å². The number of aromatic amines is 1. The summed E-state index contributed by atoms with van der Waals surface area (Å²) >= 11 is 8.16. The van der Waals surface area contributed by atoms with Crippen LogP contribution in [0, 0.1) is 0 Å². The number of guanidine groups is 1. The van der Waals surface area contributed by atoms with Crippen molar-refractivity contribution in [3.8, 4) is 22.5 Å². The molecule has 0 saturated heterocycles. The fourth-order valence-electron chi connectivity index (χ4n) is 3.84. The number of benzene rings is 1. The maximum absolute atomic E-state index is 12.6. The first-order chi connectivity index (χ1) is 15.2. The number of hydrogen-bond donors (Lipinski definition) is 2. The number of aromatic nitrogens is 3. The van der Waals surface area contributed by atoms with Crippen molar-refractivity contribution in [2.24, 2.45) is 10.7 Å². The summed E-state index contributed by atoms with van der Waals surface area (Å²) < 4.78 is 27.1. The summed E-state index contributed by atoms with van der Waals surface area (Å²) in [5.74, 6) is -0.272. The number of nitrogens with zero attached hydrogens (tertiary/aromatic N) is 4. The number of pyridine rings is 1. The zero-order chi connectivity index (χ0) is 22.7. The molecule has 0 aliphatic carbocycles. The topological polar surface area (TPSA) is 117 Å². The Labute approximate surface area is 193 Å². The molecule has 0 radical (unpaired) electrons. The van der Waals surface area contributed by atoms with Crippen molar-refractivity contribution in [3.05, 3.63) is 58.7 Å². The Hall–Kier alpha value is -2.95. The third-order valence-corrected chi connectivity index (χ3v) is 9.49. The molecule has 32 heavy (non-hydrogen) atoms. The van der Waals surface area contributed by atoms with Crippen LogP contribution in [0.3, 0.4) is 0 Å². The van der Waals surface area contributed by atoms with Crippen LogP contribution in [0.5, 0.6) is 0 Å². The minimum atomic E-state index is -3.61. The summed E-state index contributed by atoms with van der Waals surface area (Å²) in [6, 6.07) is 11.7. The molecule has 0 saturated carbocycles. The fraction of sp³-hybridized carbons (Fsp3) is 0.190. The molecule has 1 aromatic carbocycles. The van der Waals surface area contributed by atoms with E-state index in [0.717, 1.165) is 36.9 Å². The molecule has 1 aliphatic rings. The van der Waals surface area contributed by atoms with Crippen LogP contribution >= 0.6 is 22.9 Å². The van der Waals surface area contributed by atoms with Gasteiger partial charge in [-0.15, -0.1) is 11.3 Å². The molecular formula is C21H19ClN6O2S2. The average Bonchev–Trinajstić information content (AvgIpc) is 3.41. The number of nitrogens with one attached hydrogen (secondary N) is 1. The van der Waals surface area contributed by atoms with Crippen molar-refractivity contribution in [3.63, 3.8) is 0 Å². The molecule has 4 heterocycles. The molecule has 0 amide bonds. The molecule has 0 fully saturated rings. The number of H-pyrrole nitrogens is 1. The van der Waals surface area contributed by atoms with Crippen molar-refractivity contribution in [2.75, 3.05) is 12.8 Å². The molecular weight excluding hydrogens is 468 g/mol. The van der Waals surface area contributed by atoms with Gasteiger partial charge in [0.2, 0.25) is 16.0 Å². The zero-order valence-electron chi connectivity index (χ0n) is 17.2. The van der Waals surface area contributed by atoms with Gasteiger partial charge in [0.15, 0.2) is 0 Å². The number of nitrogens with two attached hydrogens (primary N) is 1. The summed E-state index contributed by atoms with van der Waals surface area (Å²) in [5, 5.41) is 8.22. The van der Waals surface area contributed by atoms with Crippen LogP contribution in [-0.2, 0) is 15.6 Å². The molecule has 1 aliphatic heterocycles. The zero-order valence-corrected chi connectivity index (χ0v) is 19.6. The predicted octanol–water partition coefficient (Wildman–Crippen LogP) is 3.81. The number of sulfonamides is 1. The summed E-state index contributed by atoms with van der Waals surface area (Å²) in [6.07, 6.45) is 3.41. The number of halogens is 1. The van der Waals surface area contributed by atoms with Crippen molar-refractivity contribution < 1.29 is 8.42 Å². The Morgan fingerprint density at radius 1 is 1.16 bits per heavy atom. The van der Waals surface area contributed by atoms with Crippen LogP contribution in [0.15, 0.2) is 53.8 Å². The largest absolute Gasteiger partial charge is 0.369 e. The second-order valence-corrected chi connectivity index (χ2v) is 11.2. The van der Waals surface area contributed by atoms with Crippen LogP contribution in [0.2, 0.25) is 5.02 Å². The number of hydrogen-bond acceptors (Lipinski definition) is 7. The smallest absolute Gasteiger partial charge is 0.239 e. The number of fused-ring (bicyclic) bond motifs is 1. The Bertz CT molecular complexity index is 1460. The Morgan fingerprint density at radius 3 is 2.53 bits per heavy atom. The number of thiophene rings is 1. The molecule has 3 aromatic heterocycles. The van der Waals surface area contributed by atoms with Crippen molar-refractivity contribution in [1.29, 1.82) is 0 Å². The molecule has 4 aromatic rings. The van der Waals surface area contributed by atoms with Gasteiger partial charge in [0.25, 0.3) is 0 Å². The third-order valence-electron chi connectivity index (χ3n) is 5.57. The molecule has 5 rings (SSSR count). The maximum atomic E-state index is 12.6. The van der Waals surface area contributed by atoms with E-state index in [9.17, 15) is 8.42 Å². The lowest BCUT2D eigenvalue weighted by atomic mass is 10.0. The van der Waals surface area contributed by atoms with Gasteiger partial charge in [-0.25, -0.2) is 17.7 Å².